The Bertz CT molecular complexity index is 3300. The summed E-state index contributed by atoms with van der Waals surface area (Å²) >= 11 is 3.65. The number of rotatable bonds is 4. The van der Waals surface area contributed by atoms with E-state index in [0.29, 0.717) is 17.5 Å². The first-order chi connectivity index (χ1) is 26.8. The van der Waals surface area contributed by atoms with Crippen LogP contribution in [0.15, 0.2) is 174 Å². The van der Waals surface area contributed by atoms with Crippen LogP contribution in [0.2, 0.25) is 0 Å². The second kappa shape index (κ2) is 11.5. The number of fused-ring (bicyclic) bond motifs is 10. The molecule has 1 aliphatic heterocycles. The predicted octanol–water partition coefficient (Wildman–Crippen LogP) is 12.7. The molecule has 0 unspecified atom stereocenters. The van der Waals surface area contributed by atoms with Gasteiger partial charge in [-0.25, -0.2) is 15.0 Å². The number of hydrogen-bond donors (Lipinski definition) is 0. The smallest absolute Gasteiger partial charge is 0.164 e. The molecule has 11 aromatic rings. The van der Waals surface area contributed by atoms with E-state index in [9.17, 15) is 0 Å². The molecule has 0 N–H and O–H groups in total. The molecular formula is C47H27N5S2. The van der Waals surface area contributed by atoms with Crippen LogP contribution in [-0.2, 0) is 0 Å². The van der Waals surface area contributed by atoms with E-state index in [1.807, 2.05) is 30.0 Å². The van der Waals surface area contributed by atoms with Gasteiger partial charge in [0.15, 0.2) is 17.5 Å². The van der Waals surface area contributed by atoms with E-state index in [2.05, 4.69) is 155 Å². The van der Waals surface area contributed by atoms with Crippen LogP contribution in [0, 0.1) is 0 Å². The number of thiophene rings is 1. The van der Waals surface area contributed by atoms with Crippen LogP contribution < -0.4 is 0 Å². The summed E-state index contributed by atoms with van der Waals surface area (Å²) in [6.45, 7) is 0. The van der Waals surface area contributed by atoms with E-state index in [4.69, 9.17) is 15.0 Å². The SMILES string of the molecule is c1ccc(-c2nc(-c3ccc4c(c3)sc3ccccc34)nc(-c3ccc4c(c3)c3c5cccc6c5n(c3n4-c3ccccc3)-c3ccccc3S6)n2)cc1. The molecule has 12 rings (SSSR count). The topological polar surface area (TPSA) is 48.5 Å². The van der Waals surface area contributed by atoms with Gasteiger partial charge in [-0.15, -0.1) is 11.3 Å². The maximum atomic E-state index is 5.22. The maximum absolute atomic E-state index is 5.22. The van der Waals surface area contributed by atoms with Gasteiger partial charge in [-0.05, 0) is 60.7 Å². The summed E-state index contributed by atoms with van der Waals surface area (Å²) in [5.41, 5.74) is 8.72. The number of para-hydroxylation sites is 3. The molecule has 0 atom stereocenters. The fourth-order valence-corrected chi connectivity index (χ4v) is 10.4. The van der Waals surface area contributed by atoms with Crippen LogP contribution in [0.5, 0.6) is 0 Å². The Morgan fingerprint density at radius 3 is 1.93 bits per heavy atom. The Morgan fingerprint density at radius 1 is 0.426 bits per heavy atom. The van der Waals surface area contributed by atoms with E-state index >= 15 is 0 Å². The highest BCUT2D eigenvalue weighted by molar-refractivity contribution is 7.99. The molecule has 4 aromatic heterocycles. The second-order valence-electron chi connectivity index (χ2n) is 13.6. The first-order valence-electron chi connectivity index (χ1n) is 17.9. The number of aromatic nitrogens is 5. The van der Waals surface area contributed by atoms with Gasteiger partial charge in [-0.2, -0.15) is 0 Å². The zero-order valence-electron chi connectivity index (χ0n) is 28.6. The fourth-order valence-electron chi connectivity index (χ4n) is 8.17. The third-order valence-electron chi connectivity index (χ3n) is 10.5. The highest BCUT2D eigenvalue weighted by atomic mass is 32.2. The Kier molecular flexibility index (Phi) is 6.37. The van der Waals surface area contributed by atoms with Crippen LogP contribution in [0.4, 0.5) is 0 Å². The molecule has 0 bridgehead atoms. The third-order valence-corrected chi connectivity index (χ3v) is 12.8. The molecule has 0 radical (unpaired) electrons. The van der Waals surface area contributed by atoms with Crippen molar-refractivity contribution in [2.45, 2.75) is 9.79 Å². The normalized spacial score (nSPS) is 12.4. The standard InChI is InChI=1S/C47H27N5S2/c1-3-12-28(13-4-1)44-48-45(50-46(49-44)30-22-24-33-32-16-7-9-19-38(32)53-41(33)27-30)29-23-25-36-35(26-29)42-34-17-11-21-40-43(34)52(37-18-8-10-20-39(37)54-40)47(42)51(36)31-14-5-2-6-15-31/h1-27H. The first-order valence-corrected chi connectivity index (χ1v) is 19.6. The maximum Gasteiger partial charge on any atom is 0.164 e. The van der Waals surface area contributed by atoms with Crippen molar-refractivity contribution < 1.29 is 0 Å². The Hall–Kier alpha value is -6.54. The van der Waals surface area contributed by atoms with Gasteiger partial charge in [-0.3, -0.25) is 9.13 Å². The van der Waals surface area contributed by atoms with Gasteiger partial charge in [0.1, 0.15) is 5.65 Å². The van der Waals surface area contributed by atoms with Crippen molar-refractivity contribution in [3.05, 3.63) is 164 Å². The highest BCUT2D eigenvalue weighted by Gasteiger charge is 2.28. The molecule has 0 spiro atoms. The molecule has 252 valence electrons. The molecule has 0 saturated carbocycles. The minimum Gasteiger partial charge on any atom is -0.295 e. The average molecular weight is 726 g/mol. The van der Waals surface area contributed by atoms with Crippen molar-refractivity contribution in [2.75, 3.05) is 0 Å². The predicted molar refractivity (Wildman–Crippen MR) is 224 cm³/mol. The van der Waals surface area contributed by atoms with E-state index < -0.39 is 0 Å². The van der Waals surface area contributed by atoms with Crippen molar-refractivity contribution in [3.8, 4) is 45.5 Å². The Balaban J connectivity index is 1.13. The Labute approximate surface area is 317 Å². The van der Waals surface area contributed by atoms with Crippen LogP contribution in [0.25, 0.3) is 98.5 Å². The number of benzene rings is 7. The van der Waals surface area contributed by atoms with Crippen LogP contribution in [0.1, 0.15) is 0 Å². The monoisotopic (exact) mass is 725 g/mol. The number of nitrogens with zero attached hydrogens (tertiary/aromatic N) is 5. The van der Waals surface area contributed by atoms with Crippen LogP contribution in [0.3, 0.4) is 0 Å². The molecule has 5 heterocycles. The van der Waals surface area contributed by atoms with Crippen LogP contribution >= 0.6 is 23.1 Å². The van der Waals surface area contributed by atoms with Gasteiger partial charge < -0.3 is 0 Å². The van der Waals surface area contributed by atoms with Crippen molar-refractivity contribution in [3.63, 3.8) is 0 Å². The molecule has 5 nitrogen and oxygen atoms in total. The molecule has 7 heteroatoms. The lowest BCUT2D eigenvalue weighted by atomic mass is 10.1. The molecule has 0 saturated heterocycles. The molecule has 0 amide bonds. The van der Waals surface area contributed by atoms with E-state index in [1.54, 1.807) is 11.3 Å². The summed E-state index contributed by atoms with van der Waals surface area (Å²) in [5, 5.41) is 6.14. The highest BCUT2D eigenvalue weighted by Crippen LogP contribution is 2.49. The summed E-state index contributed by atoms with van der Waals surface area (Å²) in [7, 11) is 0. The molecule has 0 fully saturated rings. The summed E-state index contributed by atoms with van der Waals surface area (Å²) in [6.07, 6.45) is 0. The summed E-state index contributed by atoms with van der Waals surface area (Å²) in [5.74, 6) is 1.96. The summed E-state index contributed by atoms with van der Waals surface area (Å²) in [6, 6.07) is 58.2. The van der Waals surface area contributed by atoms with E-state index in [0.717, 1.165) is 38.9 Å². The summed E-state index contributed by atoms with van der Waals surface area (Å²) in [4.78, 5) is 18.0. The van der Waals surface area contributed by atoms with E-state index in [1.165, 1.54) is 51.9 Å². The molecule has 1 aliphatic rings. The minimum atomic E-state index is 0.646. The third kappa shape index (κ3) is 4.37. The summed E-state index contributed by atoms with van der Waals surface area (Å²) < 4.78 is 7.38. The minimum absolute atomic E-state index is 0.646. The van der Waals surface area contributed by atoms with Gasteiger partial charge in [0, 0.05) is 68.5 Å². The van der Waals surface area contributed by atoms with Gasteiger partial charge in [-0.1, -0.05) is 115 Å². The fraction of sp³-hybridized carbons (Fsp3) is 0. The lowest BCUT2D eigenvalue weighted by molar-refractivity contribution is 1.03. The average Bonchev–Trinajstić information content (AvgIpc) is 3.89. The van der Waals surface area contributed by atoms with Gasteiger partial charge >= 0.3 is 0 Å². The quantitative estimate of drug-likeness (QED) is 0.181. The number of hydrogen-bond acceptors (Lipinski definition) is 5. The van der Waals surface area contributed by atoms with Crippen LogP contribution in [-0.4, -0.2) is 24.1 Å². The molecule has 0 aliphatic carbocycles. The first kappa shape index (κ1) is 30.0. The van der Waals surface area contributed by atoms with Crippen molar-refractivity contribution >= 4 is 76.1 Å². The lowest BCUT2D eigenvalue weighted by Crippen LogP contribution is -2.05. The van der Waals surface area contributed by atoms with Gasteiger partial charge in [0.05, 0.1) is 16.7 Å². The van der Waals surface area contributed by atoms with Gasteiger partial charge in [0.25, 0.3) is 0 Å². The lowest BCUT2D eigenvalue weighted by Gasteiger charge is -2.21. The molecule has 54 heavy (non-hydrogen) atoms. The van der Waals surface area contributed by atoms with Crippen molar-refractivity contribution in [2.24, 2.45) is 0 Å². The van der Waals surface area contributed by atoms with E-state index in [-0.39, 0.29) is 0 Å². The van der Waals surface area contributed by atoms with Crippen molar-refractivity contribution in [1.82, 2.24) is 24.1 Å². The Morgan fingerprint density at radius 2 is 1.07 bits per heavy atom. The second-order valence-corrected chi connectivity index (χ2v) is 15.8. The largest absolute Gasteiger partial charge is 0.295 e. The zero-order chi connectivity index (χ0) is 35.3. The molecule has 7 aromatic carbocycles. The molecular weight excluding hydrogens is 699 g/mol. The van der Waals surface area contributed by atoms with Crippen molar-refractivity contribution in [1.29, 1.82) is 0 Å². The zero-order valence-corrected chi connectivity index (χ0v) is 30.3. The van der Waals surface area contributed by atoms with Gasteiger partial charge in [0.2, 0.25) is 0 Å².